The van der Waals surface area contributed by atoms with Gasteiger partial charge in [-0.1, -0.05) is 0 Å². The van der Waals surface area contributed by atoms with Gasteiger partial charge in [-0.05, 0) is 12.1 Å². The Bertz CT molecular complexity index is 407. The molecule has 0 spiro atoms. The molecule has 0 bridgehead atoms. The van der Waals surface area contributed by atoms with E-state index in [0.717, 1.165) is 0 Å². The van der Waals surface area contributed by atoms with Crippen LogP contribution in [-0.4, -0.2) is 37.1 Å². The highest BCUT2D eigenvalue weighted by Crippen LogP contribution is 2.11. The van der Waals surface area contributed by atoms with Gasteiger partial charge in [-0.25, -0.2) is 9.78 Å². The summed E-state index contributed by atoms with van der Waals surface area (Å²) in [7, 11) is 1.32. The fraction of sp³-hybridized carbons (Fsp3) is 0.364. The van der Waals surface area contributed by atoms with Gasteiger partial charge in [0.15, 0.2) is 0 Å². The second kappa shape index (κ2) is 6.47. The Morgan fingerprint density at radius 2 is 2.18 bits per heavy atom. The summed E-state index contributed by atoms with van der Waals surface area (Å²) >= 11 is 0. The summed E-state index contributed by atoms with van der Waals surface area (Å²) in [6.07, 6.45) is 1.58. The SMILES string of the molecule is COC(=O)c1cccnc1NCCNC(C)=O. The predicted molar refractivity (Wildman–Crippen MR) is 62.7 cm³/mol. The standard InChI is InChI=1S/C11H15N3O3/c1-8(15)12-6-7-14-10-9(11(16)17-2)4-3-5-13-10/h3-5H,6-7H2,1-2H3,(H,12,15)(H,13,14). The number of anilines is 1. The van der Waals surface area contributed by atoms with E-state index >= 15 is 0 Å². The van der Waals surface area contributed by atoms with Crippen LogP contribution in [-0.2, 0) is 9.53 Å². The molecule has 0 aromatic carbocycles. The Balaban J connectivity index is 2.58. The third-order valence-corrected chi connectivity index (χ3v) is 2.00. The summed E-state index contributed by atoms with van der Waals surface area (Å²) in [4.78, 5) is 26.1. The van der Waals surface area contributed by atoms with E-state index in [-0.39, 0.29) is 5.91 Å². The Morgan fingerprint density at radius 1 is 1.41 bits per heavy atom. The van der Waals surface area contributed by atoms with Crippen LogP contribution in [0.3, 0.4) is 0 Å². The van der Waals surface area contributed by atoms with E-state index in [0.29, 0.717) is 24.5 Å². The largest absolute Gasteiger partial charge is 0.465 e. The van der Waals surface area contributed by atoms with Crippen LogP contribution in [0.2, 0.25) is 0 Å². The number of hydrogen-bond donors (Lipinski definition) is 2. The Labute approximate surface area is 99.4 Å². The fourth-order valence-electron chi connectivity index (χ4n) is 1.24. The van der Waals surface area contributed by atoms with Crippen LogP contribution >= 0.6 is 0 Å². The molecule has 6 heteroatoms. The van der Waals surface area contributed by atoms with Crippen molar-refractivity contribution in [1.82, 2.24) is 10.3 Å². The van der Waals surface area contributed by atoms with Gasteiger partial charge in [0.25, 0.3) is 0 Å². The number of ether oxygens (including phenoxy) is 1. The van der Waals surface area contributed by atoms with Gasteiger partial charge in [-0.15, -0.1) is 0 Å². The molecule has 0 atom stereocenters. The van der Waals surface area contributed by atoms with Crippen molar-refractivity contribution >= 4 is 17.7 Å². The van der Waals surface area contributed by atoms with E-state index in [1.807, 2.05) is 0 Å². The summed E-state index contributed by atoms with van der Waals surface area (Å²) in [5, 5.41) is 5.59. The molecule has 0 radical (unpaired) electrons. The first-order valence-corrected chi connectivity index (χ1v) is 5.16. The lowest BCUT2D eigenvalue weighted by atomic mass is 10.2. The molecule has 0 saturated heterocycles. The summed E-state index contributed by atoms with van der Waals surface area (Å²) in [5.74, 6) is -0.0918. The molecule has 0 fully saturated rings. The lowest BCUT2D eigenvalue weighted by molar-refractivity contribution is -0.118. The van der Waals surface area contributed by atoms with Gasteiger partial charge in [0, 0.05) is 26.2 Å². The molecular formula is C11H15N3O3. The Morgan fingerprint density at radius 3 is 2.82 bits per heavy atom. The van der Waals surface area contributed by atoms with E-state index in [2.05, 4.69) is 20.4 Å². The Hall–Kier alpha value is -2.11. The first-order chi connectivity index (χ1) is 8.15. The van der Waals surface area contributed by atoms with Crippen molar-refractivity contribution in [2.75, 3.05) is 25.5 Å². The quantitative estimate of drug-likeness (QED) is 0.573. The average Bonchev–Trinajstić information content (AvgIpc) is 2.34. The smallest absolute Gasteiger partial charge is 0.341 e. The molecule has 92 valence electrons. The minimum Gasteiger partial charge on any atom is -0.465 e. The van der Waals surface area contributed by atoms with Gasteiger partial charge in [0.05, 0.1) is 7.11 Å². The monoisotopic (exact) mass is 237 g/mol. The first kappa shape index (κ1) is 13.0. The van der Waals surface area contributed by atoms with Crippen molar-refractivity contribution < 1.29 is 14.3 Å². The van der Waals surface area contributed by atoms with Crippen molar-refractivity contribution in [2.45, 2.75) is 6.92 Å². The molecule has 0 aliphatic heterocycles. The summed E-state index contributed by atoms with van der Waals surface area (Å²) in [5.41, 5.74) is 0.373. The van der Waals surface area contributed by atoms with E-state index in [9.17, 15) is 9.59 Å². The molecule has 1 amide bonds. The topological polar surface area (TPSA) is 80.3 Å². The number of rotatable bonds is 5. The maximum Gasteiger partial charge on any atom is 0.341 e. The van der Waals surface area contributed by atoms with E-state index in [1.54, 1.807) is 18.3 Å². The molecule has 17 heavy (non-hydrogen) atoms. The molecule has 0 aliphatic rings. The van der Waals surface area contributed by atoms with Crippen LogP contribution in [0.1, 0.15) is 17.3 Å². The third-order valence-electron chi connectivity index (χ3n) is 2.00. The number of nitrogens with zero attached hydrogens (tertiary/aromatic N) is 1. The summed E-state index contributed by atoms with van der Waals surface area (Å²) in [6, 6.07) is 3.28. The molecular weight excluding hydrogens is 222 g/mol. The Kier molecular flexibility index (Phi) is 4.93. The molecule has 0 aliphatic carbocycles. The maximum absolute atomic E-state index is 11.4. The van der Waals surface area contributed by atoms with Crippen LogP contribution in [0.5, 0.6) is 0 Å². The van der Waals surface area contributed by atoms with E-state index in [1.165, 1.54) is 14.0 Å². The molecule has 1 aromatic heterocycles. The highest BCUT2D eigenvalue weighted by atomic mass is 16.5. The van der Waals surface area contributed by atoms with Crippen molar-refractivity contribution in [3.8, 4) is 0 Å². The molecule has 1 aromatic rings. The zero-order valence-corrected chi connectivity index (χ0v) is 9.82. The normalized spacial score (nSPS) is 9.53. The van der Waals surface area contributed by atoms with Gasteiger partial charge in [-0.3, -0.25) is 4.79 Å². The van der Waals surface area contributed by atoms with Gasteiger partial charge in [0.1, 0.15) is 11.4 Å². The first-order valence-electron chi connectivity index (χ1n) is 5.16. The predicted octanol–water partition coefficient (Wildman–Crippen LogP) is 0.416. The highest BCUT2D eigenvalue weighted by molar-refractivity contribution is 5.94. The van der Waals surface area contributed by atoms with Crippen molar-refractivity contribution in [3.05, 3.63) is 23.9 Å². The molecule has 0 unspecified atom stereocenters. The second-order valence-electron chi connectivity index (χ2n) is 3.30. The van der Waals surface area contributed by atoms with Crippen molar-refractivity contribution in [2.24, 2.45) is 0 Å². The molecule has 6 nitrogen and oxygen atoms in total. The van der Waals surface area contributed by atoms with Gasteiger partial charge in [0.2, 0.25) is 5.91 Å². The number of nitrogens with one attached hydrogen (secondary N) is 2. The van der Waals surface area contributed by atoms with Gasteiger partial charge in [-0.2, -0.15) is 0 Å². The zero-order chi connectivity index (χ0) is 12.7. The number of carbonyl (C=O) groups excluding carboxylic acids is 2. The molecule has 0 saturated carbocycles. The van der Waals surface area contributed by atoms with Crippen LogP contribution in [0.4, 0.5) is 5.82 Å². The van der Waals surface area contributed by atoms with Crippen LogP contribution in [0, 0.1) is 0 Å². The number of carbonyl (C=O) groups is 2. The number of esters is 1. The van der Waals surface area contributed by atoms with Crippen LogP contribution in [0.25, 0.3) is 0 Å². The average molecular weight is 237 g/mol. The minimum atomic E-state index is -0.444. The summed E-state index contributed by atoms with van der Waals surface area (Å²) < 4.78 is 4.63. The van der Waals surface area contributed by atoms with Crippen LogP contribution in [0.15, 0.2) is 18.3 Å². The minimum absolute atomic E-state index is 0.0963. The lowest BCUT2D eigenvalue weighted by Crippen LogP contribution is -2.26. The molecule has 1 rings (SSSR count). The fourth-order valence-corrected chi connectivity index (χ4v) is 1.24. The van der Waals surface area contributed by atoms with E-state index < -0.39 is 5.97 Å². The molecule has 2 N–H and O–H groups in total. The van der Waals surface area contributed by atoms with Crippen LogP contribution < -0.4 is 10.6 Å². The van der Waals surface area contributed by atoms with Crippen molar-refractivity contribution in [3.63, 3.8) is 0 Å². The van der Waals surface area contributed by atoms with Gasteiger partial charge < -0.3 is 15.4 Å². The number of methoxy groups -OCH3 is 1. The number of pyridine rings is 1. The second-order valence-corrected chi connectivity index (χ2v) is 3.30. The van der Waals surface area contributed by atoms with Gasteiger partial charge >= 0.3 is 5.97 Å². The lowest BCUT2D eigenvalue weighted by Gasteiger charge is -2.09. The maximum atomic E-state index is 11.4. The van der Waals surface area contributed by atoms with E-state index in [4.69, 9.17) is 0 Å². The third kappa shape index (κ3) is 4.10. The van der Waals surface area contributed by atoms with Crippen molar-refractivity contribution in [1.29, 1.82) is 0 Å². The highest BCUT2D eigenvalue weighted by Gasteiger charge is 2.11. The molecule has 1 heterocycles. The number of amides is 1. The zero-order valence-electron chi connectivity index (χ0n) is 9.82. The number of aromatic nitrogens is 1. The number of hydrogen-bond acceptors (Lipinski definition) is 5. The summed E-state index contributed by atoms with van der Waals surface area (Å²) in [6.45, 7) is 2.40.